The Morgan fingerprint density at radius 3 is 2.52 bits per heavy atom. The number of allylic oxidation sites excluding steroid dienone is 1. The van der Waals surface area contributed by atoms with Crippen molar-refractivity contribution in [3.63, 3.8) is 0 Å². The molecule has 2 heterocycles. The predicted octanol–water partition coefficient (Wildman–Crippen LogP) is 4.65. The first-order valence-electron chi connectivity index (χ1n) is 8.20. The van der Waals surface area contributed by atoms with Gasteiger partial charge >= 0.3 is 0 Å². The van der Waals surface area contributed by atoms with Crippen molar-refractivity contribution >= 4 is 6.08 Å². The van der Waals surface area contributed by atoms with E-state index < -0.39 is 0 Å². The number of hydrogen-bond acceptors (Lipinski definition) is 2. The maximum absolute atomic E-state index is 4.59. The molecule has 0 aliphatic carbocycles. The highest BCUT2D eigenvalue weighted by molar-refractivity contribution is 5.52. The van der Waals surface area contributed by atoms with Crippen LogP contribution < -0.4 is 0 Å². The summed E-state index contributed by atoms with van der Waals surface area (Å²) in [7, 11) is 0. The molecule has 0 spiro atoms. The van der Waals surface area contributed by atoms with Gasteiger partial charge in [-0.1, -0.05) is 32.9 Å². The Kier molecular flexibility index (Phi) is 5.21. The second-order valence-electron chi connectivity index (χ2n) is 7.55. The molecule has 2 rings (SSSR count). The fraction of sp³-hybridized carbons (Fsp3) is 0.632. The summed E-state index contributed by atoms with van der Waals surface area (Å²) in [5.74, 6) is 0.679. The summed E-state index contributed by atoms with van der Waals surface area (Å²) in [4.78, 5) is 7.20. The van der Waals surface area contributed by atoms with E-state index in [0.29, 0.717) is 11.3 Å². The lowest BCUT2D eigenvalue weighted by Crippen LogP contribution is -2.38. The molecule has 0 amide bonds. The minimum Gasteiger partial charge on any atom is -0.303 e. The molecule has 0 unspecified atom stereocenters. The van der Waals surface area contributed by atoms with Crippen molar-refractivity contribution in [1.29, 1.82) is 0 Å². The second-order valence-corrected chi connectivity index (χ2v) is 7.55. The number of likely N-dealkylation sites (tertiary alicyclic amines) is 1. The van der Waals surface area contributed by atoms with Crippen LogP contribution in [0.4, 0.5) is 0 Å². The van der Waals surface area contributed by atoms with Crippen LogP contribution in [-0.4, -0.2) is 29.5 Å². The van der Waals surface area contributed by atoms with Gasteiger partial charge in [0.25, 0.3) is 0 Å². The molecule has 21 heavy (non-hydrogen) atoms. The van der Waals surface area contributed by atoms with Crippen LogP contribution in [0, 0.1) is 12.3 Å². The van der Waals surface area contributed by atoms with Gasteiger partial charge in [0.15, 0.2) is 0 Å². The van der Waals surface area contributed by atoms with Crippen molar-refractivity contribution in [3.8, 4) is 0 Å². The van der Waals surface area contributed by atoms with Gasteiger partial charge in [-0.25, -0.2) is 0 Å². The van der Waals surface area contributed by atoms with Crippen molar-refractivity contribution in [2.24, 2.45) is 5.41 Å². The molecule has 1 fully saturated rings. The van der Waals surface area contributed by atoms with E-state index in [2.05, 4.69) is 68.9 Å². The second kappa shape index (κ2) is 6.74. The Balaban J connectivity index is 2.01. The van der Waals surface area contributed by atoms with E-state index in [9.17, 15) is 0 Å². The summed E-state index contributed by atoms with van der Waals surface area (Å²) >= 11 is 0. The zero-order valence-corrected chi connectivity index (χ0v) is 14.3. The molecular formula is C19H30N2. The largest absolute Gasteiger partial charge is 0.303 e. The SMILES string of the molecule is C/C=C\c1cc(C2CCN(CC(C)(C)C)CC2)cnc1C. The van der Waals surface area contributed by atoms with E-state index in [1.807, 2.05) is 0 Å². The van der Waals surface area contributed by atoms with Crippen molar-refractivity contribution in [1.82, 2.24) is 9.88 Å². The average Bonchev–Trinajstić information content (AvgIpc) is 2.41. The Labute approximate surface area is 130 Å². The van der Waals surface area contributed by atoms with Gasteiger partial charge < -0.3 is 4.90 Å². The summed E-state index contributed by atoms with van der Waals surface area (Å²) in [5.41, 5.74) is 4.22. The highest BCUT2D eigenvalue weighted by atomic mass is 15.1. The number of rotatable bonds is 3. The molecule has 0 saturated carbocycles. The molecule has 0 N–H and O–H groups in total. The van der Waals surface area contributed by atoms with Crippen molar-refractivity contribution in [2.75, 3.05) is 19.6 Å². The Bertz CT molecular complexity index is 489. The molecule has 2 nitrogen and oxygen atoms in total. The van der Waals surface area contributed by atoms with Gasteiger partial charge in [0, 0.05) is 18.4 Å². The summed E-state index contributed by atoms with van der Waals surface area (Å²) in [6.07, 6.45) is 8.87. The summed E-state index contributed by atoms with van der Waals surface area (Å²) in [6, 6.07) is 2.34. The molecule has 0 aromatic carbocycles. The molecule has 116 valence electrons. The van der Waals surface area contributed by atoms with Crippen LogP contribution in [0.5, 0.6) is 0 Å². The first kappa shape index (κ1) is 16.2. The molecule has 1 aromatic heterocycles. The van der Waals surface area contributed by atoms with Gasteiger partial charge in [0.1, 0.15) is 0 Å². The standard InChI is InChI=1S/C19H30N2/c1-6-7-17-12-18(13-20-15(17)2)16-8-10-21(11-9-16)14-19(3,4)5/h6-7,12-13,16H,8-11,14H2,1-5H3/b7-6-. The number of aromatic nitrogens is 1. The van der Waals surface area contributed by atoms with Gasteiger partial charge in [0.2, 0.25) is 0 Å². The van der Waals surface area contributed by atoms with Crippen molar-refractivity contribution in [3.05, 3.63) is 35.2 Å². The number of pyridine rings is 1. The minimum absolute atomic E-state index is 0.400. The molecule has 1 aliphatic rings. The smallest absolute Gasteiger partial charge is 0.0445 e. The topological polar surface area (TPSA) is 16.1 Å². The predicted molar refractivity (Wildman–Crippen MR) is 91.6 cm³/mol. The van der Waals surface area contributed by atoms with Gasteiger partial charge in [-0.05, 0) is 68.3 Å². The molecule has 2 heteroatoms. The summed E-state index contributed by atoms with van der Waals surface area (Å²) in [5, 5.41) is 0. The number of aryl methyl sites for hydroxylation is 1. The third kappa shape index (κ3) is 4.67. The van der Waals surface area contributed by atoms with E-state index >= 15 is 0 Å². The monoisotopic (exact) mass is 286 g/mol. The Morgan fingerprint density at radius 2 is 1.95 bits per heavy atom. The third-order valence-electron chi connectivity index (χ3n) is 4.25. The molecule has 1 aromatic rings. The fourth-order valence-corrected chi connectivity index (χ4v) is 3.23. The van der Waals surface area contributed by atoms with Crippen LogP contribution >= 0.6 is 0 Å². The molecular weight excluding hydrogens is 256 g/mol. The maximum Gasteiger partial charge on any atom is 0.0445 e. The highest BCUT2D eigenvalue weighted by Crippen LogP contribution is 2.30. The molecule has 1 aliphatic heterocycles. The van der Waals surface area contributed by atoms with E-state index in [-0.39, 0.29) is 0 Å². The van der Waals surface area contributed by atoms with Crippen molar-refractivity contribution < 1.29 is 0 Å². The fourth-order valence-electron chi connectivity index (χ4n) is 3.23. The maximum atomic E-state index is 4.59. The molecule has 0 radical (unpaired) electrons. The Hall–Kier alpha value is -1.15. The molecule has 0 bridgehead atoms. The zero-order valence-electron chi connectivity index (χ0n) is 14.3. The van der Waals surface area contributed by atoms with Gasteiger partial charge in [-0.15, -0.1) is 0 Å². The van der Waals surface area contributed by atoms with Crippen LogP contribution in [0.15, 0.2) is 18.3 Å². The van der Waals surface area contributed by atoms with E-state index in [0.717, 1.165) is 5.69 Å². The lowest BCUT2D eigenvalue weighted by Gasteiger charge is -2.36. The Morgan fingerprint density at radius 1 is 1.29 bits per heavy atom. The van der Waals surface area contributed by atoms with Gasteiger partial charge in [-0.3, -0.25) is 4.98 Å². The first-order valence-corrected chi connectivity index (χ1v) is 8.20. The number of nitrogens with zero attached hydrogens (tertiary/aromatic N) is 2. The number of piperidine rings is 1. The minimum atomic E-state index is 0.400. The number of hydrogen-bond donors (Lipinski definition) is 0. The lowest BCUT2D eigenvalue weighted by molar-refractivity contribution is 0.154. The van der Waals surface area contributed by atoms with Crippen LogP contribution in [0.1, 0.15) is 63.3 Å². The highest BCUT2D eigenvalue weighted by Gasteiger charge is 2.24. The summed E-state index contributed by atoms with van der Waals surface area (Å²) < 4.78 is 0. The quantitative estimate of drug-likeness (QED) is 0.804. The van der Waals surface area contributed by atoms with Gasteiger partial charge in [-0.2, -0.15) is 0 Å². The normalized spacial score (nSPS) is 18.5. The molecule has 1 saturated heterocycles. The lowest BCUT2D eigenvalue weighted by atomic mass is 9.88. The van der Waals surface area contributed by atoms with Crippen LogP contribution in [0.25, 0.3) is 6.08 Å². The van der Waals surface area contributed by atoms with Crippen molar-refractivity contribution in [2.45, 2.75) is 53.4 Å². The van der Waals surface area contributed by atoms with Gasteiger partial charge in [0.05, 0.1) is 0 Å². The van der Waals surface area contributed by atoms with Crippen LogP contribution in [-0.2, 0) is 0 Å². The third-order valence-corrected chi connectivity index (χ3v) is 4.25. The van der Waals surface area contributed by atoms with Crippen LogP contribution in [0.3, 0.4) is 0 Å². The van der Waals surface area contributed by atoms with Crippen LogP contribution in [0.2, 0.25) is 0 Å². The first-order chi connectivity index (χ1) is 9.89. The van der Waals surface area contributed by atoms with E-state index in [1.54, 1.807) is 0 Å². The van der Waals surface area contributed by atoms with E-state index in [1.165, 1.54) is 43.6 Å². The zero-order chi connectivity index (χ0) is 15.5. The molecule has 0 atom stereocenters. The van der Waals surface area contributed by atoms with E-state index in [4.69, 9.17) is 0 Å². The summed E-state index contributed by atoms with van der Waals surface area (Å²) in [6.45, 7) is 14.8. The average molecular weight is 286 g/mol.